The summed E-state index contributed by atoms with van der Waals surface area (Å²) in [6.07, 6.45) is 13.0. The number of nitrogens with zero attached hydrogens (tertiary/aromatic N) is 3. The van der Waals surface area contributed by atoms with Crippen LogP contribution < -0.4 is 16.8 Å². The van der Waals surface area contributed by atoms with Gasteiger partial charge < -0.3 is 16.8 Å². The highest BCUT2D eigenvalue weighted by atomic mass is 16.1. The molecule has 0 fully saturated rings. The van der Waals surface area contributed by atoms with Crippen molar-refractivity contribution in [3.63, 3.8) is 0 Å². The van der Waals surface area contributed by atoms with E-state index in [0.717, 1.165) is 53.8 Å². The Bertz CT molecular complexity index is 996. The van der Waals surface area contributed by atoms with Crippen LogP contribution in [-0.2, 0) is 24.1 Å². The molecule has 33 heavy (non-hydrogen) atoms. The van der Waals surface area contributed by atoms with Crippen LogP contribution in [0.25, 0.3) is 0 Å². The number of benzene rings is 1. The van der Waals surface area contributed by atoms with Gasteiger partial charge in [-0.1, -0.05) is 31.2 Å². The lowest BCUT2D eigenvalue weighted by Crippen LogP contribution is -2.15. The second kappa shape index (κ2) is 14.0. The summed E-state index contributed by atoms with van der Waals surface area (Å²) >= 11 is 0. The van der Waals surface area contributed by atoms with Crippen molar-refractivity contribution in [2.24, 2.45) is 22.4 Å². The van der Waals surface area contributed by atoms with Gasteiger partial charge in [0.25, 0.3) is 0 Å². The number of hydrogen-bond donors (Lipinski definition) is 3. The Kier molecular flexibility index (Phi) is 11.0. The molecule has 7 heteroatoms. The van der Waals surface area contributed by atoms with Crippen LogP contribution in [0.2, 0.25) is 0 Å². The molecule has 5 N–H and O–H groups in total. The van der Waals surface area contributed by atoms with Gasteiger partial charge in [0.1, 0.15) is 0 Å². The zero-order valence-electron chi connectivity index (χ0n) is 19.9. The SMILES string of the molecule is CC=N/C(=C\C=C\Nc1ncc(C)c(CCc2ccccc2CC(N)=O)n1)C(CC)CCN. The summed E-state index contributed by atoms with van der Waals surface area (Å²) in [5, 5.41) is 3.15. The summed E-state index contributed by atoms with van der Waals surface area (Å²) < 4.78 is 0. The third-order valence-corrected chi connectivity index (χ3v) is 5.47. The molecule has 2 aromatic rings. The topological polar surface area (TPSA) is 119 Å². The zero-order valence-corrected chi connectivity index (χ0v) is 19.9. The van der Waals surface area contributed by atoms with Crippen LogP contribution in [0, 0.1) is 12.8 Å². The number of amides is 1. The molecule has 1 heterocycles. The molecule has 0 spiro atoms. The second-order valence-electron chi connectivity index (χ2n) is 7.90. The molecule has 1 aromatic carbocycles. The van der Waals surface area contributed by atoms with Gasteiger partial charge in [-0.25, -0.2) is 9.97 Å². The van der Waals surface area contributed by atoms with E-state index in [0.29, 0.717) is 18.4 Å². The molecule has 1 aromatic heterocycles. The van der Waals surface area contributed by atoms with E-state index in [4.69, 9.17) is 11.5 Å². The number of hydrogen-bond acceptors (Lipinski definition) is 6. The van der Waals surface area contributed by atoms with Crippen molar-refractivity contribution in [2.45, 2.75) is 52.9 Å². The summed E-state index contributed by atoms with van der Waals surface area (Å²) in [7, 11) is 0. The number of aromatic nitrogens is 2. The molecule has 1 atom stereocenters. The fourth-order valence-electron chi connectivity index (χ4n) is 3.68. The Morgan fingerprint density at radius 1 is 1.24 bits per heavy atom. The summed E-state index contributed by atoms with van der Waals surface area (Å²) in [4.78, 5) is 24.9. The van der Waals surface area contributed by atoms with Crippen molar-refractivity contribution < 1.29 is 4.79 Å². The van der Waals surface area contributed by atoms with Gasteiger partial charge in [-0.2, -0.15) is 0 Å². The zero-order chi connectivity index (χ0) is 24.1. The van der Waals surface area contributed by atoms with Crippen LogP contribution in [0.15, 0.2) is 59.5 Å². The predicted molar refractivity (Wildman–Crippen MR) is 136 cm³/mol. The number of nitrogens with one attached hydrogen (secondary N) is 1. The number of primary amides is 1. The second-order valence-corrected chi connectivity index (χ2v) is 7.90. The largest absolute Gasteiger partial charge is 0.369 e. The van der Waals surface area contributed by atoms with E-state index in [2.05, 4.69) is 27.2 Å². The van der Waals surface area contributed by atoms with E-state index >= 15 is 0 Å². The number of anilines is 1. The molecule has 0 aliphatic rings. The van der Waals surface area contributed by atoms with Gasteiger partial charge in [0.15, 0.2) is 0 Å². The predicted octanol–water partition coefficient (Wildman–Crippen LogP) is 3.87. The third kappa shape index (κ3) is 8.61. The number of aliphatic imine (C=N–C) groups is 1. The molecule has 0 bridgehead atoms. The minimum Gasteiger partial charge on any atom is -0.369 e. The Morgan fingerprint density at radius 3 is 2.67 bits per heavy atom. The lowest BCUT2D eigenvalue weighted by atomic mass is 9.98. The average Bonchev–Trinajstić information content (AvgIpc) is 2.80. The number of rotatable bonds is 13. The molecule has 1 unspecified atom stereocenters. The minimum absolute atomic E-state index is 0.248. The quantitative estimate of drug-likeness (QED) is 0.317. The summed E-state index contributed by atoms with van der Waals surface area (Å²) in [6.45, 7) is 6.71. The lowest BCUT2D eigenvalue weighted by Gasteiger charge is -2.13. The standard InChI is InChI=1S/C26H36N6O/c1-4-20(14-15-27)24(29-5-2)11-8-16-30-26-31-18-19(3)23(32-26)13-12-21-9-6-7-10-22(21)17-25(28)33/h5-11,16,18,20H,4,12-15,17,27H2,1-3H3,(H2,28,33)(H,30,31,32)/b16-8+,24-11-,29-5?. The maximum absolute atomic E-state index is 11.4. The number of nitrogens with two attached hydrogens (primary N) is 2. The number of allylic oxidation sites excluding steroid dienone is 3. The van der Waals surface area contributed by atoms with E-state index in [1.54, 1.807) is 0 Å². The minimum atomic E-state index is -0.325. The maximum atomic E-state index is 11.4. The highest BCUT2D eigenvalue weighted by Gasteiger charge is 2.10. The Hall–Kier alpha value is -3.32. The Labute approximate surface area is 197 Å². The maximum Gasteiger partial charge on any atom is 0.226 e. The first-order valence-corrected chi connectivity index (χ1v) is 11.5. The van der Waals surface area contributed by atoms with Gasteiger partial charge in [0, 0.05) is 35.9 Å². The Morgan fingerprint density at radius 2 is 2.00 bits per heavy atom. The summed E-state index contributed by atoms with van der Waals surface area (Å²) in [5.41, 5.74) is 16.2. The van der Waals surface area contributed by atoms with Crippen LogP contribution >= 0.6 is 0 Å². The van der Waals surface area contributed by atoms with E-state index in [1.165, 1.54) is 0 Å². The van der Waals surface area contributed by atoms with Crippen molar-refractivity contribution >= 4 is 18.1 Å². The fraction of sp³-hybridized carbons (Fsp3) is 0.385. The van der Waals surface area contributed by atoms with Crippen LogP contribution in [0.1, 0.15) is 49.1 Å². The Balaban J connectivity index is 2.07. The monoisotopic (exact) mass is 448 g/mol. The molecule has 0 aliphatic carbocycles. The lowest BCUT2D eigenvalue weighted by molar-refractivity contribution is -0.117. The molecule has 0 radical (unpaired) electrons. The first kappa shape index (κ1) is 25.9. The van der Waals surface area contributed by atoms with Gasteiger partial charge in [-0.05, 0) is 74.9 Å². The molecule has 1 amide bonds. The van der Waals surface area contributed by atoms with Crippen LogP contribution in [0.4, 0.5) is 5.95 Å². The van der Waals surface area contributed by atoms with Gasteiger partial charge in [0.2, 0.25) is 11.9 Å². The fourth-order valence-corrected chi connectivity index (χ4v) is 3.68. The van der Waals surface area contributed by atoms with Crippen molar-refractivity contribution in [1.29, 1.82) is 0 Å². The third-order valence-electron chi connectivity index (χ3n) is 5.47. The molecule has 176 valence electrons. The summed E-state index contributed by atoms with van der Waals surface area (Å²) in [6, 6.07) is 7.89. The van der Waals surface area contributed by atoms with Crippen molar-refractivity contribution in [3.05, 3.63) is 76.9 Å². The van der Waals surface area contributed by atoms with Crippen molar-refractivity contribution in [2.75, 3.05) is 11.9 Å². The first-order chi connectivity index (χ1) is 16.0. The van der Waals surface area contributed by atoms with Crippen LogP contribution in [0.3, 0.4) is 0 Å². The van der Waals surface area contributed by atoms with Gasteiger partial charge in [-0.15, -0.1) is 0 Å². The average molecular weight is 449 g/mol. The van der Waals surface area contributed by atoms with Crippen molar-refractivity contribution in [3.8, 4) is 0 Å². The smallest absolute Gasteiger partial charge is 0.226 e. The molecule has 0 saturated heterocycles. The van der Waals surface area contributed by atoms with Gasteiger partial charge >= 0.3 is 0 Å². The summed E-state index contributed by atoms with van der Waals surface area (Å²) in [5.74, 6) is 0.560. The van der Waals surface area contributed by atoms with E-state index in [9.17, 15) is 4.79 Å². The number of aryl methyl sites for hydroxylation is 3. The molecule has 2 rings (SSSR count). The van der Waals surface area contributed by atoms with Crippen molar-refractivity contribution in [1.82, 2.24) is 9.97 Å². The van der Waals surface area contributed by atoms with Gasteiger partial charge in [-0.3, -0.25) is 9.79 Å². The normalized spacial score (nSPS) is 13.0. The van der Waals surface area contributed by atoms with Crippen LogP contribution in [-0.4, -0.2) is 28.6 Å². The first-order valence-electron chi connectivity index (χ1n) is 11.5. The van der Waals surface area contributed by atoms with E-state index in [-0.39, 0.29) is 12.3 Å². The molecular weight excluding hydrogens is 412 g/mol. The molecular formula is C26H36N6O. The number of carbonyl (C=O) groups excluding carboxylic acids is 1. The molecule has 0 saturated carbocycles. The number of carbonyl (C=O) groups is 1. The highest BCUT2D eigenvalue weighted by molar-refractivity contribution is 5.77. The van der Waals surface area contributed by atoms with Crippen LogP contribution in [0.5, 0.6) is 0 Å². The molecule has 0 aliphatic heterocycles. The molecule has 7 nitrogen and oxygen atoms in total. The highest BCUT2D eigenvalue weighted by Crippen LogP contribution is 2.20. The van der Waals surface area contributed by atoms with E-state index in [1.807, 2.05) is 68.9 Å². The van der Waals surface area contributed by atoms with Gasteiger partial charge in [0.05, 0.1) is 6.42 Å². The van der Waals surface area contributed by atoms with E-state index < -0.39 is 0 Å².